The fraction of sp³-hybridized carbons (Fsp3) is 0.269. The van der Waals surface area contributed by atoms with E-state index < -0.39 is 0 Å². The molecule has 0 amide bonds. The highest BCUT2D eigenvalue weighted by molar-refractivity contribution is 8.02. The van der Waals surface area contributed by atoms with Crippen LogP contribution in [0.15, 0.2) is 223 Å². The molecule has 0 aromatic heterocycles. The Morgan fingerprint density at radius 2 is 1.81 bits per heavy atom. The van der Waals surface area contributed by atoms with E-state index in [4.69, 9.17) is 13.2 Å². The number of benzene rings is 1. The first-order valence-corrected chi connectivity index (χ1v) is 20.5. The van der Waals surface area contributed by atoms with E-state index in [2.05, 4.69) is 159 Å². The maximum atomic E-state index is 4.82. The number of nitrogens with zero attached hydrogens (tertiary/aromatic N) is 1. The molecule has 1 nitrogen and oxygen atoms in total. The Kier molecular flexibility index (Phi) is 17.4. The van der Waals surface area contributed by atoms with Crippen molar-refractivity contribution >= 4 is 11.8 Å². The van der Waals surface area contributed by atoms with Crippen LogP contribution in [0.4, 0.5) is 0 Å². The first kappa shape index (κ1) is 42.0. The fourth-order valence-electron chi connectivity index (χ4n) is 7.68. The second-order valence-electron chi connectivity index (χ2n) is 14.1. The standard InChI is InChI=1S/C52H61NS/c1-8-12-24-40-53-43(6)30-15-13-18-34-48(28-10-3)51(53)44(7)46(27-9-2)35-26-39-52(38-23-21-31-45(11-4)47-32-16-14-17-33-47)42(5)29-22-25-41-54-50-37-20-19-36-49(50)52/h8-12,14-16,19-25,27-30,32,36-37,41,45H,1-2,4-7,13,17-18,26,31,33-35,38-40H2,3H3/b23-21-,24-12-,28-10-,29-22-,30-15-,41-25+,46-27+,51-48?. The van der Waals surface area contributed by atoms with Gasteiger partial charge in [0.05, 0.1) is 5.70 Å². The number of hydrogen-bond acceptors (Lipinski definition) is 2. The number of thioether (sulfide) groups is 1. The van der Waals surface area contributed by atoms with Crippen molar-refractivity contribution in [3.63, 3.8) is 0 Å². The van der Waals surface area contributed by atoms with Gasteiger partial charge in [-0.1, -0.05) is 172 Å². The van der Waals surface area contributed by atoms with Gasteiger partial charge in [-0.2, -0.15) is 0 Å². The summed E-state index contributed by atoms with van der Waals surface area (Å²) >= 11 is 1.79. The minimum atomic E-state index is -0.284. The smallest absolute Gasteiger partial charge is 0.0516 e. The largest absolute Gasteiger partial charge is 0.337 e. The summed E-state index contributed by atoms with van der Waals surface area (Å²) in [6.45, 7) is 29.1. The van der Waals surface area contributed by atoms with Gasteiger partial charge in [-0.3, -0.25) is 0 Å². The van der Waals surface area contributed by atoms with Crippen LogP contribution < -0.4 is 0 Å². The van der Waals surface area contributed by atoms with Gasteiger partial charge in [0.1, 0.15) is 0 Å². The van der Waals surface area contributed by atoms with Gasteiger partial charge >= 0.3 is 0 Å². The van der Waals surface area contributed by atoms with Gasteiger partial charge in [-0.05, 0) is 117 Å². The Balaban J connectivity index is 1.71. The summed E-state index contributed by atoms with van der Waals surface area (Å²) < 4.78 is 0. The molecular weight excluding hydrogens is 671 g/mol. The summed E-state index contributed by atoms with van der Waals surface area (Å²) in [5, 5.41) is 2.18. The van der Waals surface area contributed by atoms with Gasteiger partial charge in [0.2, 0.25) is 0 Å². The van der Waals surface area contributed by atoms with Gasteiger partial charge in [-0.15, -0.1) is 6.58 Å². The molecule has 1 aromatic rings. The molecule has 2 heteroatoms. The second kappa shape index (κ2) is 22.4. The van der Waals surface area contributed by atoms with Crippen molar-refractivity contribution in [3.8, 4) is 0 Å². The maximum Gasteiger partial charge on any atom is 0.0516 e. The van der Waals surface area contributed by atoms with Crippen molar-refractivity contribution < 1.29 is 0 Å². The zero-order valence-corrected chi connectivity index (χ0v) is 33.5. The van der Waals surface area contributed by atoms with Crippen molar-refractivity contribution in [2.45, 2.75) is 81.4 Å². The molecule has 54 heavy (non-hydrogen) atoms. The molecular formula is C52H61NS. The van der Waals surface area contributed by atoms with E-state index in [1.54, 1.807) is 11.8 Å². The summed E-state index contributed by atoms with van der Waals surface area (Å²) in [4.78, 5) is 3.59. The highest BCUT2D eigenvalue weighted by Gasteiger charge is 2.35. The molecule has 2 aliphatic heterocycles. The van der Waals surface area contributed by atoms with Crippen LogP contribution in [0.3, 0.4) is 0 Å². The zero-order chi connectivity index (χ0) is 38.6. The van der Waals surface area contributed by atoms with Crippen LogP contribution in [-0.4, -0.2) is 11.4 Å². The van der Waals surface area contributed by atoms with Crippen molar-refractivity contribution in [2.24, 2.45) is 5.92 Å². The summed E-state index contributed by atoms with van der Waals surface area (Å²) in [7, 11) is 0. The lowest BCUT2D eigenvalue weighted by atomic mass is 9.68. The normalized spacial score (nSPS) is 22.1. The van der Waals surface area contributed by atoms with Crippen LogP contribution in [0.25, 0.3) is 0 Å². The Labute approximate surface area is 332 Å². The Morgan fingerprint density at radius 3 is 2.57 bits per heavy atom. The molecule has 1 aromatic carbocycles. The Morgan fingerprint density at radius 1 is 0.963 bits per heavy atom. The van der Waals surface area contributed by atoms with Gasteiger partial charge in [0, 0.05) is 28.5 Å². The minimum absolute atomic E-state index is 0.284. The summed E-state index contributed by atoms with van der Waals surface area (Å²) in [6.07, 6.45) is 48.7. The van der Waals surface area contributed by atoms with E-state index in [-0.39, 0.29) is 5.41 Å². The maximum absolute atomic E-state index is 4.82. The third kappa shape index (κ3) is 11.4. The molecule has 2 unspecified atom stereocenters. The summed E-state index contributed by atoms with van der Waals surface area (Å²) in [5.74, 6) is 0.355. The molecule has 0 N–H and O–H groups in total. The molecule has 4 rings (SSSR count). The first-order valence-electron chi connectivity index (χ1n) is 19.6. The second-order valence-corrected chi connectivity index (χ2v) is 15.0. The zero-order valence-electron chi connectivity index (χ0n) is 32.7. The number of allylic oxidation sites excluding steroid dienone is 21. The lowest BCUT2D eigenvalue weighted by Crippen LogP contribution is -2.28. The molecule has 280 valence electrons. The molecule has 0 fully saturated rings. The molecule has 2 atom stereocenters. The van der Waals surface area contributed by atoms with Crippen molar-refractivity contribution in [2.75, 3.05) is 6.54 Å². The van der Waals surface area contributed by atoms with Gasteiger partial charge in [0.25, 0.3) is 0 Å². The van der Waals surface area contributed by atoms with Crippen LogP contribution in [-0.2, 0) is 5.41 Å². The monoisotopic (exact) mass is 731 g/mol. The van der Waals surface area contributed by atoms with Crippen LogP contribution in [0.2, 0.25) is 0 Å². The molecule has 0 saturated carbocycles. The van der Waals surface area contributed by atoms with Crippen LogP contribution in [0.1, 0.15) is 76.7 Å². The minimum Gasteiger partial charge on any atom is -0.337 e. The van der Waals surface area contributed by atoms with Crippen LogP contribution in [0, 0.1) is 5.92 Å². The highest BCUT2D eigenvalue weighted by Crippen LogP contribution is 2.46. The Bertz CT molecular complexity index is 1840. The van der Waals surface area contributed by atoms with Crippen molar-refractivity contribution in [3.05, 3.63) is 223 Å². The lowest BCUT2D eigenvalue weighted by molar-refractivity contribution is 0.450. The third-order valence-corrected chi connectivity index (χ3v) is 11.5. The van der Waals surface area contributed by atoms with Gasteiger partial charge in [0.15, 0.2) is 0 Å². The van der Waals surface area contributed by atoms with Crippen LogP contribution in [0.5, 0.6) is 0 Å². The van der Waals surface area contributed by atoms with Gasteiger partial charge in [-0.25, -0.2) is 0 Å². The van der Waals surface area contributed by atoms with E-state index in [9.17, 15) is 0 Å². The van der Waals surface area contributed by atoms with Crippen LogP contribution >= 0.6 is 11.8 Å². The average molecular weight is 732 g/mol. The predicted molar refractivity (Wildman–Crippen MR) is 241 cm³/mol. The number of hydrogen-bond donors (Lipinski definition) is 0. The quantitative estimate of drug-likeness (QED) is 0.116. The SMILES string of the molecule is C=C/C=C\CN1C(=C)/C=C\CCCC(/C=C\C)=C1C(=C)/C(=C/C=C)CCCC1(C/C=C\CC(C=C)C2=CC=CCC2)C(=C)/C=C\C=C\Sc2ccccc21. The third-order valence-electron chi connectivity index (χ3n) is 10.5. The summed E-state index contributed by atoms with van der Waals surface area (Å²) in [5.41, 5.74) is 9.25. The van der Waals surface area contributed by atoms with E-state index in [0.717, 1.165) is 86.7 Å². The van der Waals surface area contributed by atoms with Crippen molar-refractivity contribution in [1.82, 2.24) is 4.90 Å². The first-order chi connectivity index (χ1) is 26.4. The summed E-state index contributed by atoms with van der Waals surface area (Å²) in [6, 6.07) is 8.91. The molecule has 0 bridgehead atoms. The topological polar surface area (TPSA) is 3.24 Å². The fourth-order valence-corrected chi connectivity index (χ4v) is 8.54. The highest BCUT2D eigenvalue weighted by atomic mass is 32.2. The molecule has 2 heterocycles. The van der Waals surface area contributed by atoms with E-state index in [0.29, 0.717) is 12.5 Å². The molecule has 3 aliphatic rings. The lowest BCUT2D eigenvalue weighted by Gasteiger charge is -2.37. The Hall–Kier alpha value is -4.79. The number of rotatable bonds is 17. The molecule has 0 spiro atoms. The number of fused-ring (bicyclic) bond motifs is 1. The predicted octanol–water partition coefficient (Wildman–Crippen LogP) is 15.0. The molecule has 0 saturated heterocycles. The molecule has 0 radical (unpaired) electrons. The molecule has 1 aliphatic carbocycles. The average Bonchev–Trinajstić information content (AvgIpc) is 3.30. The van der Waals surface area contributed by atoms with E-state index in [1.807, 2.05) is 18.2 Å². The van der Waals surface area contributed by atoms with E-state index in [1.165, 1.54) is 27.2 Å². The van der Waals surface area contributed by atoms with E-state index >= 15 is 0 Å². The van der Waals surface area contributed by atoms with Crippen molar-refractivity contribution in [1.29, 1.82) is 0 Å². The van der Waals surface area contributed by atoms with Gasteiger partial charge < -0.3 is 4.90 Å².